The van der Waals surface area contributed by atoms with Gasteiger partial charge in [0.05, 0.1) is 17.1 Å². The molecule has 0 radical (unpaired) electrons. The minimum Gasteiger partial charge on any atom is -0.405 e. The Bertz CT molecular complexity index is 1320. The van der Waals surface area contributed by atoms with Gasteiger partial charge in [-0.1, -0.05) is 12.1 Å². The Hall–Kier alpha value is -3.47. The molecule has 7 nitrogen and oxygen atoms in total. The summed E-state index contributed by atoms with van der Waals surface area (Å²) in [5, 5.41) is 7.63. The van der Waals surface area contributed by atoms with E-state index in [0.717, 1.165) is 10.6 Å². The number of hydrogen-bond donors (Lipinski definition) is 1. The zero-order chi connectivity index (χ0) is 23.2. The fraction of sp³-hybridized carbons (Fsp3) is 0.238. The lowest BCUT2D eigenvalue weighted by molar-refractivity contribution is -0.274. The largest absolute Gasteiger partial charge is 0.573 e. The standard InChI is InChI=1S/C21H18F3N5O2S/c1-10-9-15(14-7-5-6-8-16(14)31-21(22,23)24)28-29-17(12(3)25-18(10)29)19(30)27-20-26-11(2)13(4)32-20/h5-9H,1-4H3,(H,26,27,30). The summed E-state index contributed by atoms with van der Waals surface area (Å²) in [7, 11) is 0. The molecule has 0 unspecified atom stereocenters. The number of rotatable bonds is 4. The first-order valence-corrected chi connectivity index (χ1v) is 10.3. The van der Waals surface area contributed by atoms with E-state index >= 15 is 0 Å². The van der Waals surface area contributed by atoms with E-state index in [1.54, 1.807) is 26.0 Å². The van der Waals surface area contributed by atoms with E-state index in [0.29, 0.717) is 22.0 Å². The summed E-state index contributed by atoms with van der Waals surface area (Å²) in [4.78, 5) is 22.7. The minimum atomic E-state index is -4.85. The lowest BCUT2D eigenvalue weighted by Crippen LogP contribution is -2.18. The van der Waals surface area contributed by atoms with Crippen molar-refractivity contribution in [3.05, 3.63) is 57.9 Å². The molecule has 3 aromatic heterocycles. The normalized spacial score (nSPS) is 11.7. The molecule has 1 amide bonds. The average Bonchev–Trinajstić information content (AvgIpc) is 3.19. The summed E-state index contributed by atoms with van der Waals surface area (Å²) in [6.07, 6.45) is -4.85. The van der Waals surface area contributed by atoms with Gasteiger partial charge < -0.3 is 4.74 Å². The molecule has 0 saturated heterocycles. The van der Waals surface area contributed by atoms with E-state index in [2.05, 4.69) is 25.1 Å². The van der Waals surface area contributed by atoms with Crippen LogP contribution in [0.15, 0.2) is 30.3 Å². The van der Waals surface area contributed by atoms with Gasteiger partial charge in [-0.05, 0) is 51.5 Å². The number of benzene rings is 1. The Balaban J connectivity index is 1.81. The maximum absolute atomic E-state index is 13.0. The number of nitrogens with one attached hydrogen (secondary N) is 1. The van der Waals surface area contributed by atoms with Gasteiger partial charge in [-0.15, -0.1) is 24.5 Å². The molecule has 0 fully saturated rings. The van der Waals surface area contributed by atoms with Gasteiger partial charge in [0.15, 0.2) is 16.5 Å². The van der Waals surface area contributed by atoms with Crippen molar-refractivity contribution in [3.8, 4) is 17.0 Å². The number of halogens is 3. The Kier molecular flexibility index (Phi) is 5.37. The number of imidazole rings is 1. The number of ether oxygens (including phenoxy) is 1. The number of fused-ring (bicyclic) bond motifs is 1. The Morgan fingerprint density at radius 1 is 1.09 bits per heavy atom. The molecule has 4 aromatic rings. The van der Waals surface area contributed by atoms with Crippen molar-refractivity contribution in [2.24, 2.45) is 0 Å². The number of aryl methyl sites for hydroxylation is 4. The van der Waals surface area contributed by atoms with Crippen molar-refractivity contribution in [3.63, 3.8) is 0 Å². The predicted molar refractivity (Wildman–Crippen MR) is 114 cm³/mol. The summed E-state index contributed by atoms with van der Waals surface area (Å²) in [5.74, 6) is -0.851. The number of anilines is 1. The third-order valence-electron chi connectivity index (χ3n) is 4.80. The van der Waals surface area contributed by atoms with Gasteiger partial charge in [0.1, 0.15) is 5.75 Å². The highest BCUT2D eigenvalue weighted by molar-refractivity contribution is 7.15. The number of amides is 1. The highest BCUT2D eigenvalue weighted by Gasteiger charge is 2.32. The molecular weight excluding hydrogens is 443 g/mol. The quantitative estimate of drug-likeness (QED) is 0.450. The maximum atomic E-state index is 13.0. The van der Waals surface area contributed by atoms with Crippen molar-refractivity contribution < 1.29 is 22.7 Å². The second-order valence-electron chi connectivity index (χ2n) is 7.15. The lowest BCUT2D eigenvalue weighted by Gasteiger charge is -2.13. The number of thiazole rings is 1. The Morgan fingerprint density at radius 3 is 2.47 bits per heavy atom. The molecule has 4 rings (SSSR count). The smallest absolute Gasteiger partial charge is 0.405 e. The highest BCUT2D eigenvalue weighted by Crippen LogP contribution is 2.33. The van der Waals surface area contributed by atoms with E-state index < -0.39 is 12.3 Å². The van der Waals surface area contributed by atoms with Crippen LogP contribution in [0.3, 0.4) is 0 Å². The van der Waals surface area contributed by atoms with E-state index in [1.807, 2.05) is 13.8 Å². The molecule has 11 heteroatoms. The predicted octanol–water partition coefficient (Wildman–Crippen LogP) is 5.24. The van der Waals surface area contributed by atoms with E-state index in [1.165, 1.54) is 34.1 Å². The van der Waals surface area contributed by atoms with Gasteiger partial charge in [0.2, 0.25) is 0 Å². The number of aromatic nitrogens is 4. The molecule has 3 heterocycles. The van der Waals surface area contributed by atoms with Crippen molar-refractivity contribution >= 4 is 28.0 Å². The SMILES string of the molecule is Cc1nc(NC(=O)c2c(C)nc3c(C)cc(-c4ccccc4OC(F)(F)F)nn23)sc1C. The molecule has 0 atom stereocenters. The fourth-order valence-corrected chi connectivity index (χ4v) is 4.05. The van der Waals surface area contributed by atoms with Gasteiger partial charge in [-0.2, -0.15) is 5.10 Å². The lowest BCUT2D eigenvalue weighted by atomic mass is 10.1. The van der Waals surface area contributed by atoms with Crippen LogP contribution in [-0.2, 0) is 0 Å². The van der Waals surface area contributed by atoms with E-state index in [4.69, 9.17) is 0 Å². The van der Waals surface area contributed by atoms with E-state index in [-0.39, 0.29) is 22.7 Å². The molecular formula is C21H18F3N5O2S. The number of carbonyl (C=O) groups is 1. The molecule has 0 aliphatic carbocycles. The molecule has 0 spiro atoms. The van der Waals surface area contributed by atoms with Crippen molar-refractivity contribution in [1.29, 1.82) is 0 Å². The highest BCUT2D eigenvalue weighted by atomic mass is 32.1. The van der Waals surface area contributed by atoms with Gasteiger partial charge >= 0.3 is 6.36 Å². The number of carbonyl (C=O) groups excluding carboxylic acids is 1. The molecule has 0 bridgehead atoms. The zero-order valence-electron chi connectivity index (χ0n) is 17.5. The monoisotopic (exact) mass is 461 g/mol. The molecule has 0 aliphatic heterocycles. The Labute approximate surface area is 184 Å². The zero-order valence-corrected chi connectivity index (χ0v) is 18.4. The fourth-order valence-electron chi connectivity index (χ4n) is 3.24. The van der Waals surface area contributed by atoms with E-state index in [9.17, 15) is 18.0 Å². The van der Waals surface area contributed by atoms with Crippen LogP contribution in [0.5, 0.6) is 5.75 Å². The molecule has 1 N–H and O–H groups in total. The molecule has 166 valence electrons. The van der Waals surface area contributed by atoms with Crippen LogP contribution in [-0.4, -0.2) is 31.9 Å². The van der Waals surface area contributed by atoms with Crippen LogP contribution in [0.4, 0.5) is 18.3 Å². The second kappa shape index (κ2) is 7.90. The molecule has 0 aliphatic rings. The molecule has 32 heavy (non-hydrogen) atoms. The third-order valence-corrected chi connectivity index (χ3v) is 5.78. The van der Waals surface area contributed by atoms with Gasteiger partial charge in [0, 0.05) is 10.4 Å². The number of nitrogens with zero attached hydrogens (tertiary/aromatic N) is 4. The summed E-state index contributed by atoms with van der Waals surface area (Å²) in [6, 6.07) is 7.31. The summed E-state index contributed by atoms with van der Waals surface area (Å²) in [5.41, 5.74) is 2.83. The minimum absolute atomic E-state index is 0.138. The first-order chi connectivity index (χ1) is 15.0. The van der Waals surface area contributed by atoms with Gasteiger partial charge in [-0.25, -0.2) is 14.5 Å². The van der Waals surface area contributed by atoms with Crippen LogP contribution in [0.1, 0.15) is 32.3 Å². The van der Waals surface area contributed by atoms with Gasteiger partial charge in [0.25, 0.3) is 5.91 Å². The topological polar surface area (TPSA) is 81.4 Å². The van der Waals surface area contributed by atoms with Crippen LogP contribution < -0.4 is 10.1 Å². The number of para-hydroxylation sites is 1. The van der Waals surface area contributed by atoms with Crippen molar-refractivity contribution in [2.45, 2.75) is 34.1 Å². The molecule has 0 saturated carbocycles. The summed E-state index contributed by atoms with van der Waals surface area (Å²) in [6.45, 7) is 7.16. The van der Waals surface area contributed by atoms with Gasteiger partial charge in [-0.3, -0.25) is 10.1 Å². The second-order valence-corrected chi connectivity index (χ2v) is 8.36. The number of alkyl halides is 3. The first-order valence-electron chi connectivity index (χ1n) is 9.51. The number of hydrogen-bond acceptors (Lipinski definition) is 6. The first kappa shape index (κ1) is 21.8. The Morgan fingerprint density at radius 2 is 1.81 bits per heavy atom. The molecule has 1 aromatic carbocycles. The summed E-state index contributed by atoms with van der Waals surface area (Å²) < 4.78 is 44.1. The van der Waals surface area contributed by atoms with Crippen molar-refractivity contribution in [1.82, 2.24) is 19.6 Å². The average molecular weight is 461 g/mol. The van der Waals surface area contributed by atoms with Crippen LogP contribution in [0.2, 0.25) is 0 Å². The van der Waals surface area contributed by atoms with Crippen LogP contribution >= 0.6 is 11.3 Å². The van der Waals surface area contributed by atoms with Crippen LogP contribution in [0.25, 0.3) is 16.9 Å². The van der Waals surface area contributed by atoms with Crippen molar-refractivity contribution in [2.75, 3.05) is 5.32 Å². The maximum Gasteiger partial charge on any atom is 0.573 e. The summed E-state index contributed by atoms with van der Waals surface area (Å²) >= 11 is 1.35. The third kappa shape index (κ3) is 4.15. The van der Waals surface area contributed by atoms with Crippen LogP contribution in [0, 0.1) is 27.7 Å².